The van der Waals surface area contributed by atoms with Crippen LogP contribution < -0.4 is 10.6 Å². The van der Waals surface area contributed by atoms with E-state index in [1.807, 2.05) is 6.92 Å². The molecular formula is C12H20N4OS. The first kappa shape index (κ1) is 13.3. The highest BCUT2D eigenvalue weighted by atomic mass is 32.1. The van der Waals surface area contributed by atoms with Crippen LogP contribution in [0.4, 0.5) is 0 Å². The first-order chi connectivity index (χ1) is 8.74. The quantitative estimate of drug-likeness (QED) is 0.811. The number of aromatic nitrogens is 2. The van der Waals surface area contributed by atoms with E-state index in [1.54, 1.807) is 0 Å². The lowest BCUT2D eigenvalue weighted by Crippen LogP contribution is -2.43. The van der Waals surface area contributed by atoms with Crippen LogP contribution in [0.25, 0.3) is 0 Å². The molecule has 1 saturated carbocycles. The molecule has 6 heteroatoms. The van der Waals surface area contributed by atoms with Gasteiger partial charge in [0.25, 0.3) is 0 Å². The van der Waals surface area contributed by atoms with Gasteiger partial charge in [-0.1, -0.05) is 24.4 Å². The highest BCUT2D eigenvalue weighted by Gasteiger charge is 2.13. The summed E-state index contributed by atoms with van der Waals surface area (Å²) in [6.07, 6.45) is 7.13. The minimum atomic E-state index is 0.546. The Labute approximate surface area is 113 Å². The van der Waals surface area contributed by atoms with E-state index in [-0.39, 0.29) is 0 Å². The summed E-state index contributed by atoms with van der Waals surface area (Å²) < 4.78 is 5.03. The molecule has 0 aliphatic heterocycles. The fraction of sp³-hybridized carbons (Fsp3) is 0.750. The summed E-state index contributed by atoms with van der Waals surface area (Å²) in [4.78, 5) is 4.14. The molecule has 2 rings (SSSR count). The fourth-order valence-corrected chi connectivity index (χ4v) is 2.48. The maximum absolute atomic E-state index is 5.27. The summed E-state index contributed by atoms with van der Waals surface area (Å²) in [6.45, 7) is 2.54. The van der Waals surface area contributed by atoms with Crippen LogP contribution in [0.1, 0.15) is 43.8 Å². The van der Waals surface area contributed by atoms with Gasteiger partial charge in [-0.25, -0.2) is 0 Å². The van der Waals surface area contributed by atoms with Crippen molar-refractivity contribution in [3.8, 4) is 0 Å². The van der Waals surface area contributed by atoms with Gasteiger partial charge in [-0.3, -0.25) is 0 Å². The molecule has 0 radical (unpaired) electrons. The number of hydrogen-bond acceptors (Lipinski definition) is 4. The van der Waals surface area contributed by atoms with Crippen molar-refractivity contribution in [1.82, 2.24) is 20.8 Å². The molecule has 2 N–H and O–H groups in total. The average molecular weight is 268 g/mol. The molecule has 1 heterocycles. The Kier molecular flexibility index (Phi) is 4.92. The van der Waals surface area contributed by atoms with Crippen molar-refractivity contribution in [2.75, 3.05) is 6.54 Å². The number of hydrogen-bond donors (Lipinski definition) is 2. The third-order valence-electron chi connectivity index (χ3n) is 3.13. The number of nitrogens with one attached hydrogen (secondary N) is 2. The zero-order chi connectivity index (χ0) is 12.8. The lowest BCUT2D eigenvalue weighted by molar-refractivity contribution is 0.374. The second-order valence-electron chi connectivity index (χ2n) is 4.72. The lowest BCUT2D eigenvalue weighted by Gasteiger charge is -2.24. The summed E-state index contributed by atoms with van der Waals surface area (Å²) in [7, 11) is 0. The van der Waals surface area contributed by atoms with E-state index >= 15 is 0 Å². The Bertz CT molecular complexity index is 387. The molecule has 1 aliphatic rings. The van der Waals surface area contributed by atoms with Crippen molar-refractivity contribution in [3.63, 3.8) is 0 Å². The predicted octanol–water partition coefficient (Wildman–Crippen LogP) is 1.72. The molecule has 0 amide bonds. The summed E-state index contributed by atoms with van der Waals surface area (Å²) in [6, 6.07) is 0.546. The van der Waals surface area contributed by atoms with Crippen LogP contribution in [0.3, 0.4) is 0 Å². The molecule has 0 bridgehead atoms. The van der Waals surface area contributed by atoms with Gasteiger partial charge in [0.1, 0.15) is 0 Å². The molecule has 18 heavy (non-hydrogen) atoms. The number of nitrogens with zero attached hydrogens (tertiary/aromatic N) is 2. The number of aryl methyl sites for hydroxylation is 1. The monoisotopic (exact) mass is 268 g/mol. The predicted molar refractivity (Wildman–Crippen MR) is 73.3 cm³/mol. The van der Waals surface area contributed by atoms with Gasteiger partial charge in [0, 0.05) is 19.0 Å². The second kappa shape index (κ2) is 6.68. The number of rotatable bonds is 4. The van der Waals surface area contributed by atoms with Crippen LogP contribution in [0.15, 0.2) is 4.52 Å². The molecule has 0 spiro atoms. The Morgan fingerprint density at radius 1 is 1.39 bits per heavy atom. The van der Waals surface area contributed by atoms with E-state index < -0.39 is 0 Å². The van der Waals surface area contributed by atoms with Gasteiger partial charge < -0.3 is 15.2 Å². The molecule has 1 aliphatic carbocycles. The van der Waals surface area contributed by atoms with Crippen LogP contribution in [0.5, 0.6) is 0 Å². The van der Waals surface area contributed by atoms with E-state index in [4.69, 9.17) is 16.7 Å². The number of thiocarbonyl (C=S) groups is 1. The van der Waals surface area contributed by atoms with Gasteiger partial charge in [-0.2, -0.15) is 4.98 Å². The third-order valence-corrected chi connectivity index (χ3v) is 3.40. The second-order valence-corrected chi connectivity index (χ2v) is 5.13. The zero-order valence-electron chi connectivity index (χ0n) is 10.7. The molecule has 100 valence electrons. The van der Waals surface area contributed by atoms with Crippen molar-refractivity contribution in [2.24, 2.45) is 0 Å². The van der Waals surface area contributed by atoms with Crippen molar-refractivity contribution >= 4 is 17.3 Å². The highest BCUT2D eigenvalue weighted by Crippen LogP contribution is 2.17. The smallest absolute Gasteiger partial charge is 0.228 e. The molecular weight excluding hydrogens is 248 g/mol. The Hall–Kier alpha value is -1.17. The molecule has 5 nitrogen and oxygen atoms in total. The van der Waals surface area contributed by atoms with E-state index in [2.05, 4.69) is 20.8 Å². The normalized spacial score (nSPS) is 16.5. The van der Waals surface area contributed by atoms with E-state index in [1.165, 1.54) is 32.1 Å². The summed E-state index contributed by atoms with van der Waals surface area (Å²) in [5, 5.41) is 11.0. The SMILES string of the molecule is Cc1noc(CCNC(=S)NC2CCCCC2)n1. The maximum Gasteiger partial charge on any atom is 0.228 e. The third kappa shape index (κ3) is 4.25. The van der Waals surface area contributed by atoms with Gasteiger partial charge >= 0.3 is 0 Å². The van der Waals surface area contributed by atoms with Crippen LogP contribution in [-0.4, -0.2) is 27.8 Å². The van der Waals surface area contributed by atoms with Crippen LogP contribution in [0.2, 0.25) is 0 Å². The molecule has 0 unspecified atom stereocenters. The van der Waals surface area contributed by atoms with E-state index in [9.17, 15) is 0 Å². The van der Waals surface area contributed by atoms with Crippen molar-refractivity contribution < 1.29 is 4.52 Å². The average Bonchev–Trinajstić information content (AvgIpc) is 2.76. The molecule has 1 fully saturated rings. The van der Waals surface area contributed by atoms with Crippen LogP contribution >= 0.6 is 12.2 Å². The Morgan fingerprint density at radius 2 is 2.17 bits per heavy atom. The summed E-state index contributed by atoms with van der Waals surface area (Å²) >= 11 is 5.27. The fourth-order valence-electron chi connectivity index (χ4n) is 2.21. The van der Waals surface area contributed by atoms with Gasteiger partial charge in [0.15, 0.2) is 10.9 Å². The van der Waals surface area contributed by atoms with Crippen LogP contribution in [0, 0.1) is 6.92 Å². The largest absolute Gasteiger partial charge is 0.362 e. The van der Waals surface area contributed by atoms with E-state index in [0.29, 0.717) is 24.2 Å². The first-order valence-corrected chi connectivity index (χ1v) is 6.98. The van der Waals surface area contributed by atoms with Crippen LogP contribution in [-0.2, 0) is 6.42 Å². The molecule has 1 aromatic heterocycles. The minimum Gasteiger partial charge on any atom is -0.362 e. The molecule has 1 aromatic rings. The highest BCUT2D eigenvalue weighted by molar-refractivity contribution is 7.80. The standard InChI is InChI=1S/C12H20N4OS/c1-9-14-11(17-16-9)7-8-13-12(18)15-10-5-3-2-4-6-10/h10H,2-8H2,1H3,(H2,13,15,18). The molecule has 0 saturated heterocycles. The van der Waals surface area contributed by atoms with Crippen molar-refractivity contribution in [3.05, 3.63) is 11.7 Å². The van der Waals surface area contributed by atoms with Gasteiger partial charge in [0.05, 0.1) is 0 Å². The van der Waals surface area contributed by atoms with Gasteiger partial charge in [-0.15, -0.1) is 0 Å². The summed E-state index contributed by atoms with van der Waals surface area (Å²) in [5.74, 6) is 1.33. The lowest BCUT2D eigenvalue weighted by atomic mass is 9.96. The summed E-state index contributed by atoms with van der Waals surface area (Å²) in [5.41, 5.74) is 0. The van der Waals surface area contributed by atoms with Crippen molar-refractivity contribution in [1.29, 1.82) is 0 Å². The Morgan fingerprint density at radius 3 is 2.83 bits per heavy atom. The first-order valence-electron chi connectivity index (χ1n) is 6.57. The maximum atomic E-state index is 5.27. The topological polar surface area (TPSA) is 63.0 Å². The van der Waals surface area contributed by atoms with E-state index in [0.717, 1.165) is 11.7 Å². The zero-order valence-corrected chi connectivity index (χ0v) is 11.6. The van der Waals surface area contributed by atoms with Crippen molar-refractivity contribution in [2.45, 2.75) is 51.5 Å². The Balaban J connectivity index is 1.62. The minimum absolute atomic E-state index is 0.546. The van der Waals surface area contributed by atoms with Gasteiger partial charge in [0.2, 0.25) is 5.89 Å². The molecule has 0 aromatic carbocycles. The van der Waals surface area contributed by atoms with Gasteiger partial charge in [-0.05, 0) is 32.0 Å². The molecule has 0 atom stereocenters.